The summed E-state index contributed by atoms with van der Waals surface area (Å²) in [7, 11) is 0. The number of rotatable bonds is 2. The Labute approximate surface area is 135 Å². The molecule has 106 valence electrons. The van der Waals surface area contributed by atoms with Gasteiger partial charge in [-0.1, -0.05) is 40.9 Å². The van der Waals surface area contributed by atoms with Crippen LogP contribution in [0.25, 0.3) is 0 Å². The largest absolute Gasteiger partial charge is 0.300 e. The van der Waals surface area contributed by atoms with E-state index in [2.05, 4.69) is 4.98 Å². The molecule has 0 spiro atoms. The molecule has 0 saturated heterocycles. The fourth-order valence-corrected chi connectivity index (χ4v) is 2.72. The van der Waals surface area contributed by atoms with E-state index in [9.17, 15) is 9.59 Å². The Morgan fingerprint density at radius 3 is 2.52 bits per heavy atom. The second-order valence-electron chi connectivity index (χ2n) is 4.47. The summed E-state index contributed by atoms with van der Waals surface area (Å²) in [5.74, 6) is -1.17. The minimum atomic E-state index is -0.613. The molecule has 0 N–H and O–H groups in total. The molecular formula is C14H7Cl3N2O2. The van der Waals surface area contributed by atoms with Crippen molar-refractivity contribution >= 4 is 52.2 Å². The number of carbonyl (C=O) groups is 2. The van der Waals surface area contributed by atoms with Crippen LogP contribution in [0.4, 0.5) is 5.69 Å². The minimum absolute atomic E-state index is 0.126. The zero-order chi connectivity index (χ0) is 15.1. The third-order valence-electron chi connectivity index (χ3n) is 3.16. The molecule has 4 nitrogen and oxygen atoms in total. The SMILES string of the molecule is O=C1C(=O)N(Cc2ccc(Cl)nc2Cl)c2cc(Cl)ccc21. The number of fused-ring (bicyclic) bond motifs is 1. The second-order valence-corrected chi connectivity index (χ2v) is 5.65. The molecule has 0 fully saturated rings. The number of aromatic nitrogens is 1. The van der Waals surface area contributed by atoms with Crippen molar-refractivity contribution in [1.82, 2.24) is 4.98 Å². The number of anilines is 1. The van der Waals surface area contributed by atoms with Gasteiger partial charge in [0.05, 0.1) is 17.8 Å². The summed E-state index contributed by atoms with van der Waals surface area (Å²) in [4.78, 5) is 29.3. The van der Waals surface area contributed by atoms with Gasteiger partial charge in [0.15, 0.2) is 0 Å². The number of Topliss-reactive ketones (excluding diaryl/α,β-unsaturated/α-hetero) is 1. The molecular weight excluding hydrogens is 335 g/mol. The summed E-state index contributed by atoms with van der Waals surface area (Å²) >= 11 is 17.7. The van der Waals surface area contributed by atoms with E-state index in [1.165, 1.54) is 4.90 Å². The van der Waals surface area contributed by atoms with Crippen molar-refractivity contribution in [2.24, 2.45) is 0 Å². The van der Waals surface area contributed by atoms with Gasteiger partial charge >= 0.3 is 0 Å². The lowest BCUT2D eigenvalue weighted by Gasteiger charge is -2.17. The van der Waals surface area contributed by atoms with Gasteiger partial charge in [0.2, 0.25) is 0 Å². The number of ketones is 1. The number of pyridine rings is 1. The Morgan fingerprint density at radius 1 is 1.05 bits per heavy atom. The van der Waals surface area contributed by atoms with Crippen LogP contribution < -0.4 is 4.90 Å². The van der Waals surface area contributed by atoms with E-state index in [0.29, 0.717) is 21.8 Å². The standard InChI is InChI=1S/C14H7Cl3N2O2/c15-8-2-3-9-10(5-8)19(14(21)12(9)20)6-7-1-4-11(16)18-13(7)17/h1-5H,6H2. The first-order valence-corrected chi connectivity index (χ1v) is 7.07. The van der Waals surface area contributed by atoms with E-state index in [4.69, 9.17) is 34.8 Å². The van der Waals surface area contributed by atoms with Crippen molar-refractivity contribution in [3.63, 3.8) is 0 Å². The molecule has 1 amide bonds. The van der Waals surface area contributed by atoms with Crippen LogP contribution in [0.3, 0.4) is 0 Å². The highest BCUT2D eigenvalue weighted by Crippen LogP contribution is 2.33. The average molecular weight is 342 g/mol. The number of hydrogen-bond donors (Lipinski definition) is 0. The number of halogens is 3. The molecule has 2 aromatic rings. The summed E-state index contributed by atoms with van der Waals surface area (Å²) in [6, 6.07) is 7.93. The van der Waals surface area contributed by atoms with Crippen LogP contribution >= 0.6 is 34.8 Å². The lowest BCUT2D eigenvalue weighted by Crippen LogP contribution is -2.29. The van der Waals surface area contributed by atoms with E-state index in [0.717, 1.165) is 0 Å². The Morgan fingerprint density at radius 2 is 1.81 bits per heavy atom. The number of nitrogens with zero attached hydrogens (tertiary/aromatic N) is 2. The maximum atomic E-state index is 12.1. The predicted octanol–water partition coefficient (Wildman–Crippen LogP) is 3.77. The van der Waals surface area contributed by atoms with Crippen molar-refractivity contribution in [2.45, 2.75) is 6.54 Å². The van der Waals surface area contributed by atoms with E-state index < -0.39 is 11.7 Å². The summed E-state index contributed by atoms with van der Waals surface area (Å²) in [6.07, 6.45) is 0. The van der Waals surface area contributed by atoms with Gasteiger partial charge in [-0.15, -0.1) is 0 Å². The van der Waals surface area contributed by atoms with Crippen LogP contribution in [0.15, 0.2) is 30.3 Å². The van der Waals surface area contributed by atoms with Crippen LogP contribution in [0.2, 0.25) is 15.3 Å². The Bertz CT molecular complexity index is 777. The molecule has 1 aromatic carbocycles. The van der Waals surface area contributed by atoms with Crippen LogP contribution in [0.5, 0.6) is 0 Å². The molecule has 0 unspecified atom stereocenters. The maximum Gasteiger partial charge on any atom is 0.299 e. The zero-order valence-electron chi connectivity index (χ0n) is 10.4. The second kappa shape index (κ2) is 5.30. The quantitative estimate of drug-likeness (QED) is 0.617. The van der Waals surface area contributed by atoms with Gasteiger partial charge in [-0.3, -0.25) is 9.59 Å². The molecule has 0 aliphatic carbocycles. The number of carbonyl (C=O) groups excluding carboxylic acids is 2. The first-order valence-electron chi connectivity index (χ1n) is 5.94. The first-order chi connectivity index (χ1) is 9.97. The molecule has 0 radical (unpaired) electrons. The molecule has 3 rings (SSSR count). The fourth-order valence-electron chi connectivity index (χ4n) is 2.15. The monoisotopic (exact) mass is 340 g/mol. The van der Waals surface area contributed by atoms with Gasteiger partial charge in [-0.25, -0.2) is 4.98 Å². The van der Waals surface area contributed by atoms with E-state index in [1.807, 2.05) is 0 Å². The van der Waals surface area contributed by atoms with Gasteiger partial charge in [-0.05, 0) is 24.3 Å². The molecule has 1 aliphatic heterocycles. The summed E-state index contributed by atoms with van der Waals surface area (Å²) < 4.78 is 0. The fraction of sp³-hybridized carbons (Fsp3) is 0.0714. The summed E-state index contributed by atoms with van der Waals surface area (Å²) in [6.45, 7) is 0.126. The van der Waals surface area contributed by atoms with Gasteiger partial charge in [0.25, 0.3) is 11.7 Å². The minimum Gasteiger partial charge on any atom is -0.300 e. The number of benzene rings is 1. The molecule has 0 atom stereocenters. The Kier molecular flexibility index (Phi) is 3.61. The first kappa shape index (κ1) is 14.3. The predicted molar refractivity (Wildman–Crippen MR) is 81.2 cm³/mol. The summed E-state index contributed by atoms with van der Waals surface area (Å²) in [5, 5.41) is 0.899. The molecule has 2 heterocycles. The van der Waals surface area contributed by atoms with Crippen LogP contribution in [0, 0.1) is 0 Å². The third kappa shape index (κ3) is 2.50. The van der Waals surface area contributed by atoms with E-state index >= 15 is 0 Å². The third-order valence-corrected chi connectivity index (χ3v) is 3.93. The molecule has 21 heavy (non-hydrogen) atoms. The molecule has 1 aliphatic rings. The van der Waals surface area contributed by atoms with Crippen LogP contribution in [-0.2, 0) is 11.3 Å². The van der Waals surface area contributed by atoms with Crippen molar-refractivity contribution in [3.8, 4) is 0 Å². The van der Waals surface area contributed by atoms with Gasteiger partial charge < -0.3 is 4.90 Å². The van der Waals surface area contributed by atoms with Crippen LogP contribution in [-0.4, -0.2) is 16.7 Å². The van der Waals surface area contributed by atoms with E-state index in [1.54, 1.807) is 30.3 Å². The molecule has 0 bridgehead atoms. The highest BCUT2D eigenvalue weighted by molar-refractivity contribution is 6.52. The van der Waals surface area contributed by atoms with E-state index in [-0.39, 0.29) is 16.9 Å². The number of hydrogen-bond acceptors (Lipinski definition) is 3. The smallest absolute Gasteiger partial charge is 0.299 e. The normalized spacial score (nSPS) is 13.8. The van der Waals surface area contributed by atoms with Gasteiger partial charge in [0, 0.05) is 10.6 Å². The van der Waals surface area contributed by atoms with Gasteiger partial charge in [0.1, 0.15) is 10.3 Å². The highest BCUT2D eigenvalue weighted by Gasteiger charge is 2.36. The van der Waals surface area contributed by atoms with Crippen LogP contribution in [0.1, 0.15) is 15.9 Å². The van der Waals surface area contributed by atoms with Gasteiger partial charge in [-0.2, -0.15) is 0 Å². The molecule has 7 heteroatoms. The lowest BCUT2D eigenvalue weighted by molar-refractivity contribution is -0.114. The topological polar surface area (TPSA) is 50.3 Å². The van der Waals surface area contributed by atoms with Crippen molar-refractivity contribution in [1.29, 1.82) is 0 Å². The molecule has 0 saturated carbocycles. The highest BCUT2D eigenvalue weighted by atomic mass is 35.5. The Hall–Kier alpha value is -1.62. The average Bonchev–Trinajstić information content (AvgIpc) is 2.66. The lowest BCUT2D eigenvalue weighted by atomic mass is 10.1. The molecule has 1 aromatic heterocycles. The summed E-state index contributed by atoms with van der Waals surface area (Å²) in [5.41, 5.74) is 1.40. The van der Waals surface area contributed by atoms with Crippen molar-refractivity contribution in [2.75, 3.05) is 4.90 Å². The zero-order valence-corrected chi connectivity index (χ0v) is 12.7. The number of amides is 1. The Balaban J connectivity index is 2.02. The van der Waals surface area contributed by atoms with Crippen molar-refractivity contribution in [3.05, 3.63) is 56.8 Å². The maximum absolute atomic E-state index is 12.1. The van der Waals surface area contributed by atoms with Crippen molar-refractivity contribution < 1.29 is 9.59 Å².